The van der Waals surface area contributed by atoms with Gasteiger partial charge in [-0.15, -0.1) is 0 Å². The third-order valence-electron chi connectivity index (χ3n) is 3.51. The molecule has 2 rings (SSSR count). The Morgan fingerprint density at radius 1 is 1.58 bits per heavy atom. The average Bonchev–Trinajstić information content (AvgIpc) is 2.65. The molecule has 1 heterocycles. The average molecular weight is 371 g/mol. The van der Waals surface area contributed by atoms with Crippen LogP contribution < -0.4 is 5.32 Å². The molecule has 1 saturated carbocycles. The summed E-state index contributed by atoms with van der Waals surface area (Å²) in [5.74, 6) is -0.486. The molecule has 1 fully saturated rings. The number of carbonyl (C=O) groups is 1. The smallest absolute Gasteiger partial charge is 0.287 e. The number of amides is 1. The van der Waals surface area contributed by atoms with E-state index in [0.717, 1.165) is 31.7 Å². The fourth-order valence-corrected chi connectivity index (χ4v) is 4.14. The van der Waals surface area contributed by atoms with Crippen molar-refractivity contribution in [1.82, 2.24) is 5.32 Å². The van der Waals surface area contributed by atoms with Gasteiger partial charge in [0, 0.05) is 22.3 Å². The van der Waals surface area contributed by atoms with E-state index in [1.807, 2.05) is 6.92 Å². The zero-order valence-corrected chi connectivity index (χ0v) is 13.4. The molecule has 1 aliphatic rings. The van der Waals surface area contributed by atoms with Crippen molar-refractivity contribution >= 4 is 41.6 Å². The monoisotopic (exact) mass is 369 g/mol. The Morgan fingerprint density at radius 2 is 2.21 bits per heavy atom. The van der Waals surface area contributed by atoms with E-state index in [4.69, 9.17) is 15.1 Å². The van der Waals surface area contributed by atoms with E-state index in [-0.39, 0.29) is 20.9 Å². The van der Waals surface area contributed by atoms with Gasteiger partial charge in [0.1, 0.15) is 4.90 Å². The Morgan fingerprint density at radius 3 is 2.58 bits per heavy atom. The molecule has 1 aromatic heterocycles. The van der Waals surface area contributed by atoms with Gasteiger partial charge in [-0.1, -0.05) is 6.92 Å². The number of halogens is 2. The molecular formula is C11H13BrClNO4S. The SMILES string of the molecule is CCC1(NC(=O)c2cc(S(=O)(=O)Cl)c(Br)o2)CCC1. The molecule has 19 heavy (non-hydrogen) atoms. The molecule has 0 aromatic carbocycles. The first-order chi connectivity index (χ1) is 8.77. The zero-order chi connectivity index (χ0) is 14.3. The third-order valence-corrected chi connectivity index (χ3v) is 5.69. The summed E-state index contributed by atoms with van der Waals surface area (Å²) in [7, 11) is 1.30. The van der Waals surface area contributed by atoms with Crippen LogP contribution in [0.2, 0.25) is 0 Å². The maximum absolute atomic E-state index is 12.0. The van der Waals surface area contributed by atoms with Crippen LogP contribution in [0.1, 0.15) is 43.2 Å². The van der Waals surface area contributed by atoms with Crippen molar-refractivity contribution in [2.45, 2.75) is 43.0 Å². The summed E-state index contributed by atoms with van der Waals surface area (Å²) in [4.78, 5) is 11.8. The van der Waals surface area contributed by atoms with Gasteiger partial charge in [0.15, 0.2) is 10.4 Å². The maximum atomic E-state index is 12.0. The fourth-order valence-electron chi connectivity index (χ4n) is 2.10. The minimum atomic E-state index is -3.94. The standard InChI is InChI=1S/C11H13BrClNO4S/c1-2-11(4-3-5-11)14-10(15)7-6-8(9(12)18-7)19(13,16)17/h6H,2-5H2,1H3,(H,14,15). The summed E-state index contributed by atoms with van der Waals surface area (Å²) in [6.07, 6.45) is 3.77. The molecule has 0 aliphatic heterocycles. The first kappa shape index (κ1) is 14.9. The number of furan rings is 1. The highest BCUT2D eigenvalue weighted by atomic mass is 79.9. The minimum absolute atomic E-state index is 0.0631. The molecule has 8 heteroatoms. The first-order valence-electron chi connectivity index (χ1n) is 5.84. The highest BCUT2D eigenvalue weighted by Gasteiger charge is 2.37. The van der Waals surface area contributed by atoms with Crippen molar-refractivity contribution < 1.29 is 17.6 Å². The Bertz CT molecular complexity index is 601. The number of carbonyl (C=O) groups excluding carboxylic acids is 1. The van der Waals surface area contributed by atoms with Crippen LogP contribution in [0.25, 0.3) is 0 Å². The van der Waals surface area contributed by atoms with Crippen LogP contribution in [0.4, 0.5) is 0 Å². The van der Waals surface area contributed by atoms with E-state index < -0.39 is 15.0 Å². The highest BCUT2D eigenvalue weighted by Crippen LogP contribution is 2.35. The Labute approximate surface area is 124 Å². The molecule has 1 N–H and O–H groups in total. The molecule has 1 aromatic rings. The zero-order valence-electron chi connectivity index (χ0n) is 10.2. The van der Waals surface area contributed by atoms with Gasteiger partial charge in [-0.05, 0) is 41.6 Å². The summed E-state index contributed by atoms with van der Waals surface area (Å²) >= 11 is 2.94. The van der Waals surface area contributed by atoms with E-state index in [0.29, 0.717) is 0 Å². The van der Waals surface area contributed by atoms with Crippen molar-refractivity contribution in [1.29, 1.82) is 0 Å². The molecule has 1 amide bonds. The molecule has 0 unspecified atom stereocenters. The molecule has 1 aliphatic carbocycles. The van der Waals surface area contributed by atoms with Crippen molar-refractivity contribution in [3.63, 3.8) is 0 Å². The van der Waals surface area contributed by atoms with Gasteiger partial charge in [0.2, 0.25) is 0 Å². The van der Waals surface area contributed by atoms with Crippen LogP contribution in [-0.2, 0) is 9.05 Å². The lowest BCUT2D eigenvalue weighted by Crippen LogP contribution is -2.52. The summed E-state index contributed by atoms with van der Waals surface area (Å²) in [5.41, 5.74) is -0.184. The van der Waals surface area contributed by atoms with Gasteiger partial charge in [-0.25, -0.2) is 8.42 Å². The van der Waals surface area contributed by atoms with E-state index >= 15 is 0 Å². The normalized spacial score (nSPS) is 17.8. The van der Waals surface area contributed by atoms with Crippen LogP contribution >= 0.6 is 26.6 Å². The maximum Gasteiger partial charge on any atom is 0.287 e. The van der Waals surface area contributed by atoms with Crippen LogP contribution in [0.15, 0.2) is 20.0 Å². The molecule has 0 atom stereocenters. The fraction of sp³-hybridized carbons (Fsp3) is 0.545. The van der Waals surface area contributed by atoms with Crippen molar-refractivity contribution in [2.75, 3.05) is 0 Å². The van der Waals surface area contributed by atoms with Crippen LogP contribution in [0.3, 0.4) is 0 Å². The molecular weight excluding hydrogens is 358 g/mol. The van der Waals surface area contributed by atoms with Crippen LogP contribution in [0.5, 0.6) is 0 Å². The molecule has 0 spiro atoms. The van der Waals surface area contributed by atoms with Gasteiger partial charge in [-0.3, -0.25) is 4.79 Å². The highest BCUT2D eigenvalue weighted by molar-refractivity contribution is 9.10. The lowest BCUT2D eigenvalue weighted by Gasteiger charge is -2.41. The van der Waals surface area contributed by atoms with Crippen LogP contribution in [0, 0.1) is 0 Å². The summed E-state index contributed by atoms with van der Waals surface area (Å²) in [5, 5.41) is 2.90. The summed E-state index contributed by atoms with van der Waals surface area (Å²) < 4.78 is 27.5. The van der Waals surface area contributed by atoms with Gasteiger partial charge in [0.25, 0.3) is 15.0 Å². The third kappa shape index (κ3) is 2.98. The Hall–Kier alpha value is -0.530. The predicted molar refractivity (Wildman–Crippen MR) is 73.8 cm³/mol. The topological polar surface area (TPSA) is 76.4 Å². The predicted octanol–water partition coefficient (Wildman–Crippen LogP) is 3.03. The Balaban J connectivity index is 2.21. The van der Waals surface area contributed by atoms with Gasteiger partial charge in [0.05, 0.1) is 0 Å². The van der Waals surface area contributed by atoms with E-state index in [1.54, 1.807) is 0 Å². The number of nitrogens with one attached hydrogen (secondary N) is 1. The number of rotatable bonds is 4. The number of hydrogen-bond donors (Lipinski definition) is 1. The van der Waals surface area contributed by atoms with Crippen LogP contribution in [-0.4, -0.2) is 19.9 Å². The van der Waals surface area contributed by atoms with Crippen molar-refractivity contribution in [3.05, 3.63) is 16.5 Å². The summed E-state index contributed by atoms with van der Waals surface area (Å²) in [6, 6.07) is 1.13. The molecule has 0 bridgehead atoms. The van der Waals surface area contributed by atoms with Crippen molar-refractivity contribution in [2.24, 2.45) is 0 Å². The second-order valence-electron chi connectivity index (χ2n) is 4.63. The van der Waals surface area contributed by atoms with Gasteiger partial charge in [-0.2, -0.15) is 0 Å². The quantitative estimate of drug-likeness (QED) is 0.827. The molecule has 106 valence electrons. The Kier molecular flexibility index (Phi) is 3.99. The second kappa shape index (κ2) is 5.10. The van der Waals surface area contributed by atoms with Gasteiger partial charge >= 0.3 is 0 Å². The lowest BCUT2D eigenvalue weighted by molar-refractivity contribution is 0.0790. The van der Waals surface area contributed by atoms with E-state index in [1.165, 1.54) is 0 Å². The van der Waals surface area contributed by atoms with E-state index in [2.05, 4.69) is 21.2 Å². The molecule has 0 radical (unpaired) electrons. The molecule has 0 saturated heterocycles. The van der Waals surface area contributed by atoms with E-state index in [9.17, 15) is 13.2 Å². The second-order valence-corrected chi connectivity index (χ2v) is 7.88. The van der Waals surface area contributed by atoms with Gasteiger partial charge < -0.3 is 9.73 Å². The number of hydrogen-bond acceptors (Lipinski definition) is 4. The van der Waals surface area contributed by atoms with Crippen molar-refractivity contribution in [3.8, 4) is 0 Å². The first-order valence-corrected chi connectivity index (χ1v) is 8.94. The lowest BCUT2D eigenvalue weighted by atomic mass is 9.75. The minimum Gasteiger partial charge on any atom is -0.443 e. The molecule has 5 nitrogen and oxygen atoms in total. The summed E-state index contributed by atoms with van der Waals surface area (Å²) in [6.45, 7) is 2.01. The largest absolute Gasteiger partial charge is 0.443 e.